The maximum absolute atomic E-state index is 12.5. The summed E-state index contributed by atoms with van der Waals surface area (Å²) in [5.74, 6) is -0.481. The smallest absolute Gasteiger partial charge is 0.326 e. The van der Waals surface area contributed by atoms with Gasteiger partial charge < -0.3 is 9.47 Å². The molecule has 0 radical (unpaired) electrons. The van der Waals surface area contributed by atoms with Gasteiger partial charge in [-0.3, -0.25) is 19.3 Å². The summed E-state index contributed by atoms with van der Waals surface area (Å²) in [7, 11) is 0. The summed E-state index contributed by atoms with van der Waals surface area (Å²) < 4.78 is 10.8. The van der Waals surface area contributed by atoms with E-state index in [4.69, 9.17) is 32.7 Å². The van der Waals surface area contributed by atoms with Crippen LogP contribution in [-0.4, -0.2) is 35.2 Å². The van der Waals surface area contributed by atoms with Crippen LogP contribution in [0.4, 0.5) is 4.79 Å². The van der Waals surface area contributed by atoms with Crippen molar-refractivity contribution in [3.8, 4) is 5.75 Å². The Labute approximate surface area is 200 Å². The van der Waals surface area contributed by atoms with Gasteiger partial charge in [0.15, 0.2) is 0 Å². The summed E-state index contributed by atoms with van der Waals surface area (Å²) in [6.45, 7) is 2.15. The first-order chi connectivity index (χ1) is 15.4. The molecule has 1 saturated heterocycles. The van der Waals surface area contributed by atoms with Crippen molar-refractivity contribution in [1.29, 1.82) is 0 Å². The number of ether oxygens (including phenoxy) is 2. The quantitative estimate of drug-likeness (QED) is 0.244. The maximum Gasteiger partial charge on any atom is 0.326 e. The third kappa shape index (κ3) is 6.51. The Kier molecular flexibility index (Phi) is 8.61. The van der Waals surface area contributed by atoms with Crippen molar-refractivity contribution in [3.63, 3.8) is 0 Å². The number of thioether (sulfide) groups is 1. The SMILES string of the molecule is CCCCOC(=O)CN1C(=O)S/C(=C/c2ccc(OCc3ccc(Cl)cc3Cl)cc2)C1=O. The first-order valence-electron chi connectivity index (χ1n) is 9.95. The summed E-state index contributed by atoms with van der Waals surface area (Å²) in [6.07, 6.45) is 3.23. The van der Waals surface area contributed by atoms with Gasteiger partial charge in [-0.2, -0.15) is 0 Å². The molecular weight excluding hydrogens is 473 g/mol. The van der Waals surface area contributed by atoms with Crippen LogP contribution in [0.2, 0.25) is 10.0 Å². The number of benzene rings is 2. The Morgan fingerprint density at radius 3 is 2.56 bits per heavy atom. The molecule has 0 bridgehead atoms. The molecular formula is C23H21Cl2NO5S. The van der Waals surface area contributed by atoms with Crippen molar-refractivity contribution in [2.24, 2.45) is 0 Å². The number of hydrogen-bond acceptors (Lipinski definition) is 6. The lowest BCUT2D eigenvalue weighted by atomic mass is 10.2. The second-order valence-electron chi connectivity index (χ2n) is 6.94. The first-order valence-corrected chi connectivity index (χ1v) is 11.5. The van der Waals surface area contributed by atoms with Gasteiger partial charge in [0.2, 0.25) is 0 Å². The second kappa shape index (κ2) is 11.4. The van der Waals surface area contributed by atoms with Crippen LogP contribution < -0.4 is 4.74 Å². The highest BCUT2D eigenvalue weighted by Crippen LogP contribution is 2.32. The van der Waals surface area contributed by atoms with Crippen molar-refractivity contribution in [3.05, 3.63) is 68.5 Å². The molecule has 6 nitrogen and oxygen atoms in total. The molecule has 1 heterocycles. The average Bonchev–Trinajstić information content (AvgIpc) is 3.01. The van der Waals surface area contributed by atoms with E-state index < -0.39 is 17.1 Å². The summed E-state index contributed by atoms with van der Waals surface area (Å²) in [4.78, 5) is 37.7. The fraction of sp³-hybridized carbons (Fsp3) is 0.261. The average molecular weight is 494 g/mol. The molecule has 32 heavy (non-hydrogen) atoms. The minimum atomic E-state index is -0.593. The number of imide groups is 1. The Hall–Kier alpha value is -2.48. The van der Waals surface area contributed by atoms with E-state index in [1.54, 1.807) is 48.5 Å². The fourth-order valence-corrected chi connectivity index (χ4v) is 4.05. The molecule has 1 aliphatic rings. The predicted octanol–water partition coefficient (Wildman–Crippen LogP) is 5.95. The number of carbonyl (C=O) groups is 3. The number of esters is 1. The summed E-state index contributed by atoms with van der Waals surface area (Å²) in [5.41, 5.74) is 1.53. The van der Waals surface area contributed by atoms with E-state index in [-0.39, 0.29) is 24.7 Å². The molecule has 0 spiro atoms. The van der Waals surface area contributed by atoms with E-state index in [2.05, 4.69) is 0 Å². The van der Waals surface area contributed by atoms with E-state index in [1.165, 1.54) is 0 Å². The molecule has 1 aliphatic heterocycles. The molecule has 2 amide bonds. The lowest BCUT2D eigenvalue weighted by molar-refractivity contribution is -0.146. The standard InChI is InChI=1S/C23H21Cl2NO5S/c1-2-3-10-30-21(27)13-26-22(28)20(32-23(26)29)11-15-4-8-18(9-5-15)31-14-16-6-7-17(24)12-19(16)25/h4-9,11-12H,2-3,10,13-14H2,1H3/b20-11+. The van der Waals surface area contributed by atoms with Crippen molar-refractivity contribution < 1.29 is 23.9 Å². The molecule has 0 aromatic heterocycles. The molecule has 168 valence electrons. The molecule has 0 atom stereocenters. The van der Waals surface area contributed by atoms with Gasteiger partial charge >= 0.3 is 5.97 Å². The van der Waals surface area contributed by atoms with Gasteiger partial charge in [0.1, 0.15) is 18.9 Å². The van der Waals surface area contributed by atoms with Crippen LogP contribution in [0.15, 0.2) is 47.4 Å². The van der Waals surface area contributed by atoms with E-state index in [9.17, 15) is 14.4 Å². The molecule has 0 aliphatic carbocycles. The zero-order valence-electron chi connectivity index (χ0n) is 17.3. The van der Waals surface area contributed by atoms with Crippen LogP contribution in [0, 0.1) is 0 Å². The highest BCUT2D eigenvalue weighted by atomic mass is 35.5. The van der Waals surface area contributed by atoms with E-state index in [1.807, 2.05) is 6.92 Å². The Balaban J connectivity index is 1.58. The van der Waals surface area contributed by atoms with E-state index in [0.29, 0.717) is 15.8 Å². The maximum atomic E-state index is 12.5. The highest BCUT2D eigenvalue weighted by molar-refractivity contribution is 8.18. The molecule has 2 aromatic rings. The molecule has 9 heteroatoms. The van der Waals surface area contributed by atoms with Gasteiger partial charge in [-0.15, -0.1) is 0 Å². The van der Waals surface area contributed by atoms with Gasteiger partial charge in [-0.1, -0.05) is 54.7 Å². The number of halogens is 2. The van der Waals surface area contributed by atoms with Gasteiger partial charge in [-0.05, 0) is 54.1 Å². The third-order valence-corrected chi connectivity index (χ3v) is 6.00. The van der Waals surface area contributed by atoms with Crippen molar-refractivity contribution in [1.82, 2.24) is 4.90 Å². The number of amides is 2. The highest BCUT2D eigenvalue weighted by Gasteiger charge is 2.36. The topological polar surface area (TPSA) is 72.9 Å². The summed E-state index contributed by atoms with van der Waals surface area (Å²) in [5, 5.41) is 0.591. The molecule has 0 saturated carbocycles. The predicted molar refractivity (Wildman–Crippen MR) is 126 cm³/mol. The van der Waals surface area contributed by atoms with Crippen LogP contribution in [0.1, 0.15) is 30.9 Å². The van der Waals surface area contributed by atoms with Crippen molar-refractivity contribution >= 4 is 58.2 Å². The Morgan fingerprint density at radius 2 is 1.88 bits per heavy atom. The first kappa shape index (κ1) is 24.2. The van der Waals surface area contributed by atoms with E-state index in [0.717, 1.165) is 40.6 Å². The zero-order valence-corrected chi connectivity index (χ0v) is 19.6. The Bertz CT molecular complexity index is 1040. The molecule has 0 N–H and O–H groups in total. The molecule has 0 unspecified atom stereocenters. The zero-order chi connectivity index (χ0) is 23.1. The molecule has 2 aromatic carbocycles. The monoisotopic (exact) mass is 493 g/mol. The second-order valence-corrected chi connectivity index (χ2v) is 8.77. The molecule has 3 rings (SSSR count). The van der Waals surface area contributed by atoms with E-state index >= 15 is 0 Å². The molecule has 1 fully saturated rings. The number of carbonyl (C=O) groups excluding carboxylic acids is 3. The summed E-state index contributed by atoms with van der Waals surface area (Å²) in [6, 6.07) is 12.2. The summed E-state index contributed by atoms with van der Waals surface area (Å²) >= 11 is 12.8. The van der Waals surface area contributed by atoms with Gasteiger partial charge in [0.05, 0.1) is 11.5 Å². The number of rotatable bonds is 9. The number of unbranched alkanes of at least 4 members (excludes halogenated alkanes) is 1. The van der Waals surface area contributed by atoms with Crippen LogP contribution >= 0.6 is 35.0 Å². The largest absolute Gasteiger partial charge is 0.489 e. The third-order valence-electron chi connectivity index (χ3n) is 4.51. The van der Waals surface area contributed by atoms with Crippen LogP contribution in [0.25, 0.3) is 6.08 Å². The van der Waals surface area contributed by atoms with Gasteiger partial charge in [0, 0.05) is 15.6 Å². The van der Waals surface area contributed by atoms with Crippen molar-refractivity contribution in [2.45, 2.75) is 26.4 Å². The number of hydrogen-bond donors (Lipinski definition) is 0. The normalized spacial score (nSPS) is 14.8. The lowest BCUT2D eigenvalue weighted by Gasteiger charge is -2.11. The Morgan fingerprint density at radius 1 is 1.12 bits per heavy atom. The minimum Gasteiger partial charge on any atom is -0.489 e. The van der Waals surface area contributed by atoms with Gasteiger partial charge in [-0.25, -0.2) is 0 Å². The minimum absolute atomic E-state index is 0.248. The van der Waals surface area contributed by atoms with Crippen LogP contribution in [0.3, 0.4) is 0 Å². The lowest BCUT2D eigenvalue weighted by Crippen LogP contribution is -2.34. The number of nitrogens with zero attached hydrogens (tertiary/aromatic N) is 1. The van der Waals surface area contributed by atoms with Gasteiger partial charge in [0.25, 0.3) is 11.1 Å². The van der Waals surface area contributed by atoms with Crippen molar-refractivity contribution in [2.75, 3.05) is 13.2 Å². The van der Waals surface area contributed by atoms with Crippen LogP contribution in [0.5, 0.6) is 5.75 Å². The van der Waals surface area contributed by atoms with Crippen LogP contribution in [-0.2, 0) is 20.9 Å². The fourth-order valence-electron chi connectivity index (χ4n) is 2.75.